The largest absolute Gasteiger partial charge is 0.382 e. The van der Waals surface area contributed by atoms with Crippen LogP contribution in [0.15, 0.2) is 18.5 Å². The molecule has 0 aliphatic rings. The minimum absolute atomic E-state index is 0.424. The van der Waals surface area contributed by atoms with Gasteiger partial charge in [-0.15, -0.1) is 0 Å². The number of nitrogen functional groups attached to an aromatic ring is 1. The van der Waals surface area contributed by atoms with E-state index in [4.69, 9.17) is 5.73 Å². The van der Waals surface area contributed by atoms with Crippen molar-refractivity contribution < 1.29 is 0 Å². The molecule has 0 fully saturated rings. The normalized spacial score (nSPS) is 11.3. The van der Waals surface area contributed by atoms with Gasteiger partial charge in [-0.3, -0.25) is 0 Å². The van der Waals surface area contributed by atoms with Crippen LogP contribution in [0.3, 0.4) is 0 Å². The summed E-state index contributed by atoms with van der Waals surface area (Å²) < 4.78 is 1.71. The van der Waals surface area contributed by atoms with E-state index < -0.39 is 0 Å². The van der Waals surface area contributed by atoms with Crippen LogP contribution in [0.25, 0.3) is 5.52 Å². The summed E-state index contributed by atoms with van der Waals surface area (Å²) in [6.45, 7) is 4.21. The molecule has 13 heavy (non-hydrogen) atoms. The first-order chi connectivity index (χ1) is 6.18. The molecule has 2 N–H and O–H groups in total. The van der Waals surface area contributed by atoms with Crippen molar-refractivity contribution in [3.05, 3.63) is 24.2 Å². The maximum atomic E-state index is 5.63. The predicted molar refractivity (Wildman–Crippen MR) is 51.5 cm³/mol. The Kier molecular flexibility index (Phi) is 1.69. The average molecular weight is 176 g/mol. The molecule has 4 nitrogen and oxygen atoms in total. The van der Waals surface area contributed by atoms with Gasteiger partial charge in [-0.2, -0.15) is 5.10 Å². The molecule has 0 spiro atoms. The monoisotopic (exact) mass is 176 g/mol. The Balaban J connectivity index is 2.63. The summed E-state index contributed by atoms with van der Waals surface area (Å²) in [5, 5.41) is 4.37. The van der Waals surface area contributed by atoms with Gasteiger partial charge in [0.25, 0.3) is 0 Å². The van der Waals surface area contributed by atoms with E-state index in [1.165, 1.54) is 0 Å². The lowest BCUT2D eigenvalue weighted by Crippen LogP contribution is -1.98. The summed E-state index contributed by atoms with van der Waals surface area (Å²) in [5.74, 6) is 0.954. The van der Waals surface area contributed by atoms with Crippen LogP contribution in [0.5, 0.6) is 0 Å². The molecule has 0 bridgehead atoms. The Morgan fingerprint density at radius 1 is 1.38 bits per heavy atom. The molecule has 2 aromatic heterocycles. The fraction of sp³-hybridized carbons (Fsp3) is 0.333. The molecule has 0 aliphatic heterocycles. The number of rotatable bonds is 1. The van der Waals surface area contributed by atoms with E-state index in [1.54, 1.807) is 10.8 Å². The lowest BCUT2D eigenvalue weighted by Gasteiger charge is -2.03. The van der Waals surface area contributed by atoms with E-state index in [1.807, 2.05) is 12.1 Å². The molecule has 0 amide bonds. The third-order valence-electron chi connectivity index (χ3n) is 2.04. The van der Waals surface area contributed by atoms with Crippen molar-refractivity contribution in [2.45, 2.75) is 19.8 Å². The SMILES string of the molecule is CC(C)c1ccc2c(N)ncn2n1. The first-order valence-electron chi connectivity index (χ1n) is 4.28. The van der Waals surface area contributed by atoms with Gasteiger partial charge < -0.3 is 5.73 Å². The van der Waals surface area contributed by atoms with Crippen LogP contribution in [0.2, 0.25) is 0 Å². The zero-order valence-corrected chi connectivity index (χ0v) is 7.73. The van der Waals surface area contributed by atoms with E-state index in [0.717, 1.165) is 11.2 Å². The van der Waals surface area contributed by atoms with E-state index in [0.29, 0.717) is 11.7 Å². The Labute approximate surface area is 76.4 Å². The van der Waals surface area contributed by atoms with Crippen molar-refractivity contribution in [1.29, 1.82) is 0 Å². The molecule has 0 aliphatic carbocycles. The third-order valence-corrected chi connectivity index (χ3v) is 2.04. The standard InChI is InChI=1S/C9H12N4/c1-6(2)7-3-4-8-9(10)11-5-13(8)12-7/h3-6H,10H2,1-2H3. The fourth-order valence-electron chi connectivity index (χ4n) is 1.23. The van der Waals surface area contributed by atoms with Crippen molar-refractivity contribution in [1.82, 2.24) is 14.6 Å². The number of nitrogens with zero attached hydrogens (tertiary/aromatic N) is 3. The molecular formula is C9H12N4. The molecule has 4 heteroatoms. The lowest BCUT2D eigenvalue weighted by atomic mass is 10.1. The van der Waals surface area contributed by atoms with Gasteiger partial charge in [-0.05, 0) is 18.1 Å². The van der Waals surface area contributed by atoms with Gasteiger partial charge in [0.15, 0.2) is 5.82 Å². The summed E-state index contributed by atoms with van der Waals surface area (Å²) in [6.07, 6.45) is 1.64. The van der Waals surface area contributed by atoms with E-state index in [-0.39, 0.29) is 0 Å². The van der Waals surface area contributed by atoms with Crippen molar-refractivity contribution in [2.24, 2.45) is 0 Å². The number of anilines is 1. The second kappa shape index (κ2) is 2.73. The average Bonchev–Trinajstić information content (AvgIpc) is 2.47. The Bertz CT molecular complexity index is 430. The molecule has 0 radical (unpaired) electrons. The van der Waals surface area contributed by atoms with Crippen molar-refractivity contribution in [3.63, 3.8) is 0 Å². The molecule has 2 aromatic rings. The van der Waals surface area contributed by atoms with E-state index in [2.05, 4.69) is 23.9 Å². The van der Waals surface area contributed by atoms with Gasteiger partial charge in [0, 0.05) is 0 Å². The third kappa shape index (κ3) is 1.24. The molecule has 0 saturated heterocycles. The van der Waals surface area contributed by atoms with Gasteiger partial charge in [0.05, 0.1) is 5.69 Å². The maximum absolute atomic E-state index is 5.63. The van der Waals surface area contributed by atoms with Gasteiger partial charge in [-0.1, -0.05) is 13.8 Å². The highest BCUT2D eigenvalue weighted by molar-refractivity contribution is 5.64. The summed E-state index contributed by atoms with van der Waals surface area (Å²) in [6, 6.07) is 3.93. The van der Waals surface area contributed by atoms with Gasteiger partial charge in [-0.25, -0.2) is 9.50 Å². The van der Waals surface area contributed by atoms with Crippen molar-refractivity contribution >= 4 is 11.3 Å². The predicted octanol–water partition coefficient (Wildman–Crippen LogP) is 1.43. The highest BCUT2D eigenvalue weighted by Gasteiger charge is 2.04. The number of imidazole rings is 1. The minimum Gasteiger partial charge on any atom is -0.382 e. The van der Waals surface area contributed by atoms with E-state index in [9.17, 15) is 0 Å². The van der Waals surface area contributed by atoms with E-state index >= 15 is 0 Å². The van der Waals surface area contributed by atoms with Crippen LogP contribution in [0.4, 0.5) is 5.82 Å². The first-order valence-corrected chi connectivity index (χ1v) is 4.28. The topological polar surface area (TPSA) is 56.2 Å². The molecule has 0 aromatic carbocycles. The summed E-state index contributed by atoms with van der Waals surface area (Å²) in [7, 11) is 0. The first kappa shape index (κ1) is 8.04. The Hall–Kier alpha value is -1.58. The zero-order valence-electron chi connectivity index (χ0n) is 7.73. The highest BCUT2D eigenvalue weighted by Crippen LogP contribution is 2.14. The van der Waals surface area contributed by atoms with Crippen LogP contribution in [0, 0.1) is 0 Å². The van der Waals surface area contributed by atoms with Crippen LogP contribution in [-0.2, 0) is 0 Å². The Morgan fingerprint density at radius 2 is 2.15 bits per heavy atom. The van der Waals surface area contributed by atoms with Gasteiger partial charge in [0.2, 0.25) is 0 Å². The number of hydrogen-bond donors (Lipinski definition) is 1. The van der Waals surface area contributed by atoms with Crippen LogP contribution >= 0.6 is 0 Å². The van der Waals surface area contributed by atoms with Crippen LogP contribution in [0.1, 0.15) is 25.5 Å². The molecule has 68 valence electrons. The Morgan fingerprint density at radius 3 is 2.85 bits per heavy atom. The quantitative estimate of drug-likeness (QED) is 0.715. The molecule has 0 unspecified atom stereocenters. The molecule has 2 heterocycles. The van der Waals surface area contributed by atoms with Crippen molar-refractivity contribution in [2.75, 3.05) is 5.73 Å². The molecule has 0 atom stereocenters. The van der Waals surface area contributed by atoms with Crippen LogP contribution < -0.4 is 5.73 Å². The number of aromatic nitrogens is 3. The second-order valence-corrected chi connectivity index (χ2v) is 3.37. The number of fused-ring (bicyclic) bond motifs is 1. The maximum Gasteiger partial charge on any atom is 0.151 e. The molecular weight excluding hydrogens is 164 g/mol. The second-order valence-electron chi connectivity index (χ2n) is 3.37. The minimum atomic E-state index is 0.424. The lowest BCUT2D eigenvalue weighted by molar-refractivity contribution is 0.762. The number of hydrogen-bond acceptors (Lipinski definition) is 3. The smallest absolute Gasteiger partial charge is 0.151 e. The zero-order chi connectivity index (χ0) is 9.42. The van der Waals surface area contributed by atoms with Crippen molar-refractivity contribution in [3.8, 4) is 0 Å². The van der Waals surface area contributed by atoms with Gasteiger partial charge in [0.1, 0.15) is 11.8 Å². The highest BCUT2D eigenvalue weighted by atomic mass is 15.3. The summed E-state index contributed by atoms with van der Waals surface area (Å²) in [4.78, 5) is 3.97. The van der Waals surface area contributed by atoms with Gasteiger partial charge >= 0.3 is 0 Å². The summed E-state index contributed by atoms with van der Waals surface area (Å²) >= 11 is 0. The molecule has 2 rings (SSSR count). The van der Waals surface area contributed by atoms with Crippen LogP contribution in [-0.4, -0.2) is 14.6 Å². The number of nitrogens with two attached hydrogens (primary N) is 1. The fourth-order valence-corrected chi connectivity index (χ4v) is 1.23. The summed E-state index contributed by atoms with van der Waals surface area (Å²) in [5.41, 5.74) is 7.54. The molecule has 0 saturated carbocycles.